The first-order valence-electron chi connectivity index (χ1n) is 11.8. The summed E-state index contributed by atoms with van der Waals surface area (Å²) >= 11 is 0. The predicted octanol–water partition coefficient (Wildman–Crippen LogP) is 4.45. The van der Waals surface area contributed by atoms with E-state index in [0.717, 1.165) is 48.7 Å². The second-order valence-electron chi connectivity index (χ2n) is 9.21. The van der Waals surface area contributed by atoms with Crippen molar-refractivity contribution < 1.29 is 4.79 Å². The van der Waals surface area contributed by atoms with Gasteiger partial charge in [0.15, 0.2) is 0 Å². The summed E-state index contributed by atoms with van der Waals surface area (Å²) in [4.78, 5) is 24.5. The predicted molar refractivity (Wildman–Crippen MR) is 129 cm³/mol. The van der Waals surface area contributed by atoms with Crippen molar-refractivity contribution in [2.75, 3.05) is 6.54 Å². The van der Waals surface area contributed by atoms with Crippen molar-refractivity contribution in [1.82, 2.24) is 30.0 Å². The van der Waals surface area contributed by atoms with Crippen molar-refractivity contribution in [2.45, 2.75) is 72.6 Å². The van der Waals surface area contributed by atoms with E-state index in [1.165, 1.54) is 11.3 Å². The average molecular weight is 447 g/mol. The molecule has 1 N–H and O–H groups in total. The number of nitrogens with zero attached hydrogens (tertiary/aromatic N) is 5. The summed E-state index contributed by atoms with van der Waals surface area (Å²) in [5.41, 5.74) is 5.94. The Kier molecular flexibility index (Phi) is 6.88. The average Bonchev–Trinajstić information content (AvgIpc) is 3.38. The van der Waals surface area contributed by atoms with Crippen LogP contribution in [0.4, 0.5) is 0 Å². The zero-order chi connectivity index (χ0) is 23.5. The molecule has 7 heteroatoms. The molecule has 4 rings (SSSR count). The topological polar surface area (TPSA) is 75.9 Å². The molecule has 7 nitrogen and oxygen atoms in total. The van der Waals surface area contributed by atoms with Gasteiger partial charge >= 0.3 is 0 Å². The van der Waals surface area contributed by atoms with Gasteiger partial charge in [-0.2, -0.15) is 5.10 Å². The molecule has 0 aliphatic carbocycles. The third-order valence-corrected chi connectivity index (χ3v) is 6.53. The standard InChI is InChI=1S/C26H34N6O/c1-17(2)32-20(5)23(19(4)30-32)16-31-13-9-12-24(31)25-27-15-22(18(3)29-25)26(33)28-14-21-10-7-6-8-11-21/h6-8,10-11,15,17,24H,9,12-14,16H2,1-5H3,(H,28,33)/t24-/m1/s1. The number of amides is 1. The van der Waals surface area contributed by atoms with Crippen LogP contribution in [0.15, 0.2) is 36.5 Å². The number of hydrogen-bond acceptors (Lipinski definition) is 5. The monoisotopic (exact) mass is 446 g/mol. The molecule has 3 heterocycles. The van der Waals surface area contributed by atoms with Gasteiger partial charge in [-0.05, 0) is 59.6 Å². The minimum absolute atomic E-state index is 0.140. The van der Waals surface area contributed by atoms with Crippen molar-refractivity contribution in [3.63, 3.8) is 0 Å². The lowest BCUT2D eigenvalue weighted by Crippen LogP contribution is -2.27. The van der Waals surface area contributed by atoms with Gasteiger partial charge in [-0.15, -0.1) is 0 Å². The van der Waals surface area contributed by atoms with Crippen molar-refractivity contribution in [1.29, 1.82) is 0 Å². The Morgan fingerprint density at radius 3 is 2.58 bits per heavy atom. The number of aryl methyl sites for hydroxylation is 2. The molecule has 1 amide bonds. The number of aromatic nitrogens is 4. The number of hydrogen-bond donors (Lipinski definition) is 1. The highest BCUT2D eigenvalue weighted by atomic mass is 16.1. The van der Waals surface area contributed by atoms with Gasteiger partial charge in [-0.1, -0.05) is 30.3 Å². The number of carbonyl (C=O) groups excluding carboxylic acids is 1. The van der Waals surface area contributed by atoms with E-state index in [2.05, 4.69) is 47.6 Å². The van der Waals surface area contributed by atoms with Crippen LogP contribution in [-0.2, 0) is 13.1 Å². The number of carbonyl (C=O) groups is 1. The van der Waals surface area contributed by atoms with E-state index in [0.29, 0.717) is 18.2 Å². The number of rotatable bonds is 7. The summed E-state index contributed by atoms with van der Waals surface area (Å²) in [6, 6.07) is 10.4. The molecule has 0 spiro atoms. The molecule has 0 bridgehead atoms. The van der Waals surface area contributed by atoms with Crippen LogP contribution in [0.1, 0.15) is 83.2 Å². The van der Waals surface area contributed by atoms with Crippen LogP contribution < -0.4 is 5.32 Å². The highest BCUT2D eigenvalue weighted by Crippen LogP contribution is 2.33. The van der Waals surface area contributed by atoms with Crippen LogP contribution in [0.25, 0.3) is 0 Å². The molecular weight excluding hydrogens is 412 g/mol. The fraction of sp³-hybridized carbons (Fsp3) is 0.462. The Labute approximate surface area is 196 Å². The molecule has 3 aromatic rings. The van der Waals surface area contributed by atoms with Crippen molar-refractivity contribution in [3.8, 4) is 0 Å². The first kappa shape index (κ1) is 23.1. The number of benzene rings is 1. The highest BCUT2D eigenvalue weighted by Gasteiger charge is 2.30. The van der Waals surface area contributed by atoms with E-state index >= 15 is 0 Å². The smallest absolute Gasteiger partial charge is 0.254 e. The van der Waals surface area contributed by atoms with Gasteiger partial charge in [0.2, 0.25) is 0 Å². The van der Waals surface area contributed by atoms with Crippen LogP contribution in [0.2, 0.25) is 0 Å². The molecule has 1 saturated heterocycles. The van der Waals surface area contributed by atoms with Crippen LogP contribution in [0.5, 0.6) is 0 Å². The van der Waals surface area contributed by atoms with E-state index in [1.807, 2.05) is 37.3 Å². The molecule has 0 saturated carbocycles. The number of likely N-dealkylation sites (tertiary alicyclic amines) is 1. The second-order valence-corrected chi connectivity index (χ2v) is 9.21. The zero-order valence-electron chi connectivity index (χ0n) is 20.3. The summed E-state index contributed by atoms with van der Waals surface area (Å²) in [6.45, 7) is 12.8. The SMILES string of the molecule is Cc1nc([C@H]2CCCN2Cc2c(C)nn(C(C)C)c2C)ncc1C(=O)NCc1ccccc1. The fourth-order valence-electron chi connectivity index (χ4n) is 4.68. The summed E-state index contributed by atoms with van der Waals surface area (Å²) in [5, 5.41) is 7.72. The first-order chi connectivity index (χ1) is 15.8. The molecule has 33 heavy (non-hydrogen) atoms. The fourth-order valence-corrected chi connectivity index (χ4v) is 4.68. The van der Waals surface area contributed by atoms with Crippen molar-refractivity contribution in [2.24, 2.45) is 0 Å². The van der Waals surface area contributed by atoms with E-state index in [1.54, 1.807) is 6.20 Å². The van der Waals surface area contributed by atoms with E-state index in [-0.39, 0.29) is 11.9 Å². The minimum atomic E-state index is -0.140. The van der Waals surface area contributed by atoms with Gasteiger partial charge in [-0.3, -0.25) is 14.4 Å². The van der Waals surface area contributed by atoms with Gasteiger partial charge < -0.3 is 5.32 Å². The maximum Gasteiger partial charge on any atom is 0.254 e. The summed E-state index contributed by atoms with van der Waals surface area (Å²) in [6.07, 6.45) is 3.82. The molecule has 0 unspecified atom stereocenters. The maximum absolute atomic E-state index is 12.7. The molecule has 0 radical (unpaired) electrons. The van der Waals surface area contributed by atoms with Gasteiger partial charge in [-0.25, -0.2) is 9.97 Å². The van der Waals surface area contributed by atoms with Crippen LogP contribution in [0.3, 0.4) is 0 Å². The van der Waals surface area contributed by atoms with Gasteiger partial charge in [0.05, 0.1) is 23.0 Å². The molecule has 1 atom stereocenters. The lowest BCUT2D eigenvalue weighted by molar-refractivity contribution is 0.0949. The van der Waals surface area contributed by atoms with E-state index in [9.17, 15) is 4.79 Å². The largest absolute Gasteiger partial charge is 0.348 e. The lowest BCUT2D eigenvalue weighted by Gasteiger charge is -2.24. The maximum atomic E-state index is 12.7. The quantitative estimate of drug-likeness (QED) is 0.580. The Hall–Kier alpha value is -3.06. The lowest BCUT2D eigenvalue weighted by atomic mass is 10.1. The van der Waals surface area contributed by atoms with Gasteiger partial charge in [0.25, 0.3) is 5.91 Å². The Bertz CT molecular complexity index is 1120. The second kappa shape index (κ2) is 9.83. The molecule has 1 fully saturated rings. The van der Waals surface area contributed by atoms with Gasteiger partial charge in [0, 0.05) is 36.6 Å². The molecular formula is C26H34N6O. The van der Waals surface area contributed by atoms with Gasteiger partial charge in [0.1, 0.15) is 5.82 Å². The van der Waals surface area contributed by atoms with Crippen molar-refractivity contribution in [3.05, 3.63) is 76.1 Å². The molecule has 1 aliphatic rings. The normalized spacial score (nSPS) is 16.5. The third-order valence-electron chi connectivity index (χ3n) is 6.53. The Morgan fingerprint density at radius 1 is 1.15 bits per heavy atom. The summed E-state index contributed by atoms with van der Waals surface area (Å²) in [7, 11) is 0. The first-order valence-corrected chi connectivity index (χ1v) is 11.8. The Morgan fingerprint density at radius 2 is 1.91 bits per heavy atom. The van der Waals surface area contributed by atoms with E-state index < -0.39 is 0 Å². The third kappa shape index (κ3) is 4.98. The van der Waals surface area contributed by atoms with E-state index in [4.69, 9.17) is 10.1 Å². The molecule has 2 aromatic heterocycles. The van der Waals surface area contributed by atoms with Crippen LogP contribution in [-0.4, -0.2) is 37.1 Å². The molecule has 1 aromatic carbocycles. The highest BCUT2D eigenvalue weighted by molar-refractivity contribution is 5.94. The van der Waals surface area contributed by atoms with Crippen LogP contribution >= 0.6 is 0 Å². The molecule has 174 valence electrons. The van der Waals surface area contributed by atoms with Crippen LogP contribution in [0, 0.1) is 20.8 Å². The number of nitrogens with one attached hydrogen (secondary N) is 1. The van der Waals surface area contributed by atoms with Crippen molar-refractivity contribution >= 4 is 5.91 Å². The molecule has 1 aliphatic heterocycles. The minimum Gasteiger partial charge on any atom is -0.348 e. The summed E-state index contributed by atoms with van der Waals surface area (Å²) < 4.78 is 2.11. The zero-order valence-corrected chi connectivity index (χ0v) is 20.3. The summed E-state index contributed by atoms with van der Waals surface area (Å²) in [5.74, 6) is 0.662. The Balaban J connectivity index is 1.47.